The Morgan fingerprint density at radius 2 is 1.62 bits per heavy atom. The van der Waals surface area contributed by atoms with Crippen LogP contribution in [-0.4, -0.2) is 22.9 Å². The van der Waals surface area contributed by atoms with E-state index in [9.17, 15) is 0 Å². The van der Waals surface area contributed by atoms with Gasteiger partial charge >= 0.3 is 6.09 Å². The Morgan fingerprint density at radius 3 is 1.77 bits per heavy atom. The highest BCUT2D eigenvalue weighted by atomic mass is 16.4. The molecule has 0 aromatic heterocycles. The highest BCUT2D eigenvalue weighted by molar-refractivity contribution is 5.61. The fraction of sp³-hybridized carbons (Fsp3) is 0.889. The molecule has 0 aromatic carbocycles. The standard InChI is InChI=1S/C8H18O.CH3NO2/c1-3-5-8(7-9)6-4-2;2-1(3)4/h8-9H,3-7H2,1-2H3;2H2,(H,3,4). The average Bonchev–Trinajstić information content (AvgIpc) is 2.03. The minimum atomic E-state index is -1.33. The first kappa shape index (κ1) is 14.7. The summed E-state index contributed by atoms with van der Waals surface area (Å²) in [6, 6.07) is 0. The van der Waals surface area contributed by atoms with Crippen LogP contribution < -0.4 is 5.73 Å². The molecule has 0 spiro atoms. The van der Waals surface area contributed by atoms with Crippen molar-refractivity contribution >= 4 is 6.09 Å². The lowest BCUT2D eigenvalue weighted by atomic mass is 10.00. The number of hydrogen-bond donors (Lipinski definition) is 3. The molecule has 0 aliphatic heterocycles. The summed E-state index contributed by atoms with van der Waals surface area (Å²) in [5, 5.41) is 16.0. The molecule has 13 heavy (non-hydrogen) atoms. The van der Waals surface area contributed by atoms with Crippen LogP contribution in [0.15, 0.2) is 0 Å². The van der Waals surface area contributed by atoms with E-state index in [1.807, 2.05) is 0 Å². The maximum Gasteiger partial charge on any atom is 0.402 e. The number of hydrogen-bond acceptors (Lipinski definition) is 2. The summed E-state index contributed by atoms with van der Waals surface area (Å²) in [5.41, 5.74) is 4.03. The van der Waals surface area contributed by atoms with Crippen molar-refractivity contribution in [1.82, 2.24) is 0 Å². The van der Waals surface area contributed by atoms with Gasteiger partial charge in [-0.2, -0.15) is 0 Å². The number of rotatable bonds is 5. The molecule has 80 valence electrons. The third-order valence-corrected chi connectivity index (χ3v) is 1.65. The summed E-state index contributed by atoms with van der Waals surface area (Å²) in [5.74, 6) is 0.569. The lowest BCUT2D eigenvalue weighted by Gasteiger charge is -2.09. The van der Waals surface area contributed by atoms with Crippen molar-refractivity contribution in [2.24, 2.45) is 11.7 Å². The van der Waals surface area contributed by atoms with Crippen LogP contribution in [0.2, 0.25) is 0 Å². The number of primary amides is 1. The molecule has 0 aliphatic rings. The normalized spacial score (nSPS) is 9.23. The van der Waals surface area contributed by atoms with Crippen molar-refractivity contribution in [3.05, 3.63) is 0 Å². The third-order valence-electron chi connectivity index (χ3n) is 1.65. The van der Waals surface area contributed by atoms with Crippen molar-refractivity contribution in [2.45, 2.75) is 39.5 Å². The van der Waals surface area contributed by atoms with E-state index >= 15 is 0 Å². The van der Waals surface area contributed by atoms with Gasteiger partial charge in [-0.25, -0.2) is 4.79 Å². The van der Waals surface area contributed by atoms with Crippen LogP contribution in [0.25, 0.3) is 0 Å². The van der Waals surface area contributed by atoms with Gasteiger partial charge in [0, 0.05) is 6.61 Å². The lowest BCUT2D eigenvalue weighted by Crippen LogP contribution is -2.04. The van der Waals surface area contributed by atoms with Gasteiger partial charge in [-0.05, 0) is 18.8 Å². The van der Waals surface area contributed by atoms with Gasteiger partial charge in [-0.3, -0.25) is 0 Å². The molecule has 0 unspecified atom stereocenters. The molecule has 0 aliphatic carbocycles. The number of aliphatic hydroxyl groups is 1. The first-order valence-corrected chi connectivity index (χ1v) is 4.67. The molecule has 0 saturated heterocycles. The summed E-state index contributed by atoms with van der Waals surface area (Å²) >= 11 is 0. The van der Waals surface area contributed by atoms with E-state index in [0.29, 0.717) is 12.5 Å². The maximum atomic E-state index is 8.79. The molecule has 0 aromatic rings. The number of nitrogens with two attached hydrogens (primary N) is 1. The highest BCUT2D eigenvalue weighted by Crippen LogP contribution is 2.11. The minimum Gasteiger partial charge on any atom is -0.465 e. The molecule has 0 saturated carbocycles. The predicted molar refractivity (Wildman–Crippen MR) is 52.6 cm³/mol. The van der Waals surface area contributed by atoms with Crippen LogP contribution in [0.3, 0.4) is 0 Å². The molecule has 4 N–H and O–H groups in total. The van der Waals surface area contributed by atoms with Gasteiger partial charge in [0.25, 0.3) is 0 Å². The van der Waals surface area contributed by atoms with Crippen LogP contribution in [0.1, 0.15) is 39.5 Å². The smallest absolute Gasteiger partial charge is 0.402 e. The van der Waals surface area contributed by atoms with Gasteiger partial charge in [0.1, 0.15) is 0 Å². The maximum absolute atomic E-state index is 8.79. The van der Waals surface area contributed by atoms with Gasteiger partial charge in [0.2, 0.25) is 0 Å². The van der Waals surface area contributed by atoms with Crippen LogP contribution >= 0.6 is 0 Å². The molecule has 0 bridgehead atoms. The second-order valence-corrected chi connectivity index (χ2v) is 2.96. The second kappa shape index (κ2) is 11.2. The van der Waals surface area contributed by atoms with Crippen LogP contribution in [0.4, 0.5) is 4.79 Å². The van der Waals surface area contributed by atoms with E-state index in [1.165, 1.54) is 25.7 Å². The topological polar surface area (TPSA) is 83.5 Å². The summed E-state index contributed by atoms with van der Waals surface area (Å²) in [4.78, 5) is 8.78. The fourth-order valence-corrected chi connectivity index (χ4v) is 1.14. The monoisotopic (exact) mass is 191 g/mol. The molecule has 0 atom stereocenters. The molecule has 4 heteroatoms. The van der Waals surface area contributed by atoms with Gasteiger partial charge in [-0.15, -0.1) is 0 Å². The summed E-state index contributed by atoms with van der Waals surface area (Å²) in [6.07, 6.45) is 3.44. The summed E-state index contributed by atoms with van der Waals surface area (Å²) < 4.78 is 0. The molecule has 0 rings (SSSR count). The largest absolute Gasteiger partial charge is 0.465 e. The molecule has 4 nitrogen and oxygen atoms in total. The summed E-state index contributed by atoms with van der Waals surface area (Å²) in [7, 11) is 0. The second-order valence-electron chi connectivity index (χ2n) is 2.96. The molecule has 0 heterocycles. The Bertz CT molecular complexity index is 107. The van der Waals surface area contributed by atoms with E-state index in [4.69, 9.17) is 15.0 Å². The number of carbonyl (C=O) groups is 1. The predicted octanol–water partition coefficient (Wildman–Crippen LogP) is 1.82. The van der Waals surface area contributed by atoms with Crippen molar-refractivity contribution in [3.8, 4) is 0 Å². The zero-order chi connectivity index (χ0) is 10.7. The van der Waals surface area contributed by atoms with Crippen molar-refractivity contribution in [1.29, 1.82) is 0 Å². The van der Waals surface area contributed by atoms with Crippen molar-refractivity contribution in [3.63, 3.8) is 0 Å². The zero-order valence-corrected chi connectivity index (χ0v) is 8.49. The van der Waals surface area contributed by atoms with Gasteiger partial charge in [-0.1, -0.05) is 26.7 Å². The van der Waals surface area contributed by atoms with Crippen molar-refractivity contribution < 1.29 is 15.0 Å². The molecule has 0 fully saturated rings. The quantitative estimate of drug-likeness (QED) is 0.619. The average molecular weight is 191 g/mol. The fourth-order valence-electron chi connectivity index (χ4n) is 1.14. The third kappa shape index (κ3) is 18.3. The number of carboxylic acid groups (broad SMARTS) is 1. The first-order chi connectivity index (χ1) is 6.08. The van der Waals surface area contributed by atoms with Crippen molar-refractivity contribution in [2.75, 3.05) is 6.61 Å². The Morgan fingerprint density at radius 1 is 1.31 bits per heavy atom. The Balaban J connectivity index is 0. The Labute approximate surface area is 79.8 Å². The van der Waals surface area contributed by atoms with Crippen LogP contribution in [0, 0.1) is 5.92 Å². The Hall–Kier alpha value is -0.770. The number of aliphatic hydroxyl groups excluding tert-OH is 1. The molecular formula is C9H21NO3. The molecule has 0 radical (unpaired) electrons. The van der Waals surface area contributed by atoms with E-state index in [2.05, 4.69) is 19.6 Å². The number of amides is 1. The van der Waals surface area contributed by atoms with Crippen LogP contribution in [0.5, 0.6) is 0 Å². The van der Waals surface area contributed by atoms with Gasteiger partial charge in [0.05, 0.1) is 0 Å². The molecule has 1 amide bonds. The SMILES string of the molecule is CCCC(CO)CCC.NC(=O)O. The zero-order valence-electron chi connectivity index (χ0n) is 8.49. The van der Waals surface area contributed by atoms with Gasteiger partial charge < -0.3 is 15.9 Å². The summed E-state index contributed by atoms with van der Waals surface area (Å²) in [6.45, 7) is 4.71. The van der Waals surface area contributed by atoms with Gasteiger partial charge in [0.15, 0.2) is 0 Å². The Kier molecular flexibility index (Phi) is 12.7. The van der Waals surface area contributed by atoms with Crippen LogP contribution in [-0.2, 0) is 0 Å². The lowest BCUT2D eigenvalue weighted by molar-refractivity contribution is 0.205. The van der Waals surface area contributed by atoms with E-state index in [-0.39, 0.29) is 0 Å². The molecular weight excluding hydrogens is 170 g/mol. The van der Waals surface area contributed by atoms with E-state index in [0.717, 1.165) is 0 Å². The van der Waals surface area contributed by atoms with E-state index < -0.39 is 6.09 Å². The first-order valence-electron chi connectivity index (χ1n) is 4.67. The van der Waals surface area contributed by atoms with E-state index in [1.54, 1.807) is 0 Å². The highest BCUT2D eigenvalue weighted by Gasteiger charge is 2.02. The minimum absolute atomic E-state index is 0.377.